The molecule has 8 nitrogen and oxygen atoms in total. The Morgan fingerprint density at radius 1 is 1.15 bits per heavy atom. The minimum Gasteiger partial charge on any atom is -0.508 e. The van der Waals surface area contributed by atoms with Crippen LogP contribution in [0.3, 0.4) is 0 Å². The third-order valence-electron chi connectivity index (χ3n) is 3.62. The van der Waals surface area contributed by atoms with Crippen molar-refractivity contribution in [2.24, 2.45) is 4.99 Å². The maximum Gasteiger partial charge on any atom is 0.251 e. The second kappa shape index (κ2) is 9.45. The van der Waals surface area contributed by atoms with Crippen LogP contribution in [-0.4, -0.2) is 41.6 Å². The molecule has 8 heteroatoms. The number of guanidine groups is 1. The highest BCUT2D eigenvalue weighted by atomic mass is 16.4. The summed E-state index contributed by atoms with van der Waals surface area (Å²) >= 11 is 0. The molecule has 1 aromatic heterocycles. The molecule has 0 spiro atoms. The van der Waals surface area contributed by atoms with Crippen LogP contribution in [0.2, 0.25) is 0 Å². The minimum atomic E-state index is -0.195. The zero-order valence-electron chi connectivity index (χ0n) is 15.3. The molecule has 140 valence electrons. The molecule has 1 amide bonds. The molecule has 0 saturated heterocycles. The molecule has 2 aromatic rings. The van der Waals surface area contributed by atoms with E-state index >= 15 is 0 Å². The lowest BCUT2D eigenvalue weighted by atomic mass is 10.2. The number of aryl methyl sites for hydroxylation is 2. The van der Waals surface area contributed by atoms with Gasteiger partial charge < -0.3 is 25.5 Å². The predicted octanol–water partition coefficient (Wildman–Crippen LogP) is 1.48. The number of aliphatic imine (C=N–C) groups is 1. The van der Waals surface area contributed by atoms with E-state index in [1.807, 2.05) is 20.8 Å². The number of nitrogens with one attached hydrogen (secondary N) is 3. The third kappa shape index (κ3) is 5.80. The van der Waals surface area contributed by atoms with Crippen LogP contribution in [0.25, 0.3) is 0 Å². The number of benzene rings is 1. The van der Waals surface area contributed by atoms with Gasteiger partial charge in [-0.05, 0) is 45.0 Å². The lowest BCUT2D eigenvalue weighted by Crippen LogP contribution is -2.41. The number of amides is 1. The molecule has 0 bridgehead atoms. The Labute approximate surface area is 152 Å². The second-order valence-corrected chi connectivity index (χ2v) is 5.67. The van der Waals surface area contributed by atoms with Crippen molar-refractivity contribution < 1.29 is 14.3 Å². The summed E-state index contributed by atoms with van der Waals surface area (Å²) in [5.74, 6) is 1.92. The molecule has 0 atom stereocenters. The molecule has 4 N–H and O–H groups in total. The van der Waals surface area contributed by atoms with Gasteiger partial charge in [-0.25, -0.2) is 9.98 Å². The van der Waals surface area contributed by atoms with E-state index in [0.29, 0.717) is 37.0 Å². The summed E-state index contributed by atoms with van der Waals surface area (Å²) in [4.78, 5) is 20.7. The number of phenolic OH excluding ortho intramolecular Hbond substituents is 1. The summed E-state index contributed by atoms with van der Waals surface area (Å²) < 4.78 is 5.51. The maximum absolute atomic E-state index is 12.0. The molecule has 0 aliphatic rings. The van der Waals surface area contributed by atoms with Gasteiger partial charge in [-0.2, -0.15) is 0 Å². The fraction of sp³-hybridized carbons (Fsp3) is 0.389. The van der Waals surface area contributed by atoms with E-state index < -0.39 is 0 Å². The molecule has 0 unspecified atom stereocenters. The van der Waals surface area contributed by atoms with E-state index in [9.17, 15) is 9.90 Å². The monoisotopic (exact) mass is 359 g/mol. The van der Waals surface area contributed by atoms with Crippen molar-refractivity contribution in [2.45, 2.75) is 27.3 Å². The molecular formula is C18H25N5O3. The van der Waals surface area contributed by atoms with Gasteiger partial charge in [0.25, 0.3) is 5.91 Å². The molecule has 2 rings (SSSR count). The topological polar surface area (TPSA) is 112 Å². The number of aromatic hydroxyl groups is 1. The van der Waals surface area contributed by atoms with Gasteiger partial charge in [0.05, 0.1) is 5.69 Å². The average molecular weight is 359 g/mol. The molecule has 0 saturated carbocycles. The fourth-order valence-corrected chi connectivity index (χ4v) is 2.17. The van der Waals surface area contributed by atoms with Crippen LogP contribution < -0.4 is 16.0 Å². The van der Waals surface area contributed by atoms with Gasteiger partial charge in [-0.1, -0.05) is 0 Å². The van der Waals surface area contributed by atoms with Crippen molar-refractivity contribution in [2.75, 3.05) is 19.6 Å². The summed E-state index contributed by atoms with van der Waals surface area (Å²) in [7, 11) is 0. The first-order valence-electron chi connectivity index (χ1n) is 8.52. The van der Waals surface area contributed by atoms with Gasteiger partial charge in [-0.15, -0.1) is 0 Å². The lowest BCUT2D eigenvalue weighted by Gasteiger charge is -2.11. The first kappa shape index (κ1) is 19.3. The molecular weight excluding hydrogens is 334 g/mol. The normalized spacial score (nSPS) is 11.3. The highest BCUT2D eigenvalue weighted by molar-refractivity contribution is 5.94. The Kier molecular flexibility index (Phi) is 7.02. The quantitative estimate of drug-likeness (QED) is 0.338. The van der Waals surface area contributed by atoms with Crippen LogP contribution in [0.15, 0.2) is 33.7 Å². The summed E-state index contributed by atoms with van der Waals surface area (Å²) in [5.41, 5.74) is 1.36. The van der Waals surface area contributed by atoms with Gasteiger partial charge >= 0.3 is 0 Å². The second-order valence-electron chi connectivity index (χ2n) is 5.67. The van der Waals surface area contributed by atoms with Gasteiger partial charge in [-0.3, -0.25) is 4.79 Å². The number of rotatable bonds is 7. The number of carbonyl (C=O) groups is 1. The number of phenols is 1. The molecule has 0 radical (unpaired) electrons. The van der Waals surface area contributed by atoms with Crippen molar-refractivity contribution in [1.82, 2.24) is 20.9 Å². The van der Waals surface area contributed by atoms with Gasteiger partial charge in [0, 0.05) is 25.2 Å². The lowest BCUT2D eigenvalue weighted by molar-refractivity contribution is 0.0954. The van der Waals surface area contributed by atoms with Crippen LogP contribution in [-0.2, 0) is 6.54 Å². The van der Waals surface area contributed by atoms with Gasteiger partial charge in [0.15, 0.2) is 5.96 Å². The molecule has 1 aromatic carbocycles. The number of nitrogens with zero attached hydrogens (tertiary/aromatic N) is 2. The zero-order valence-corrected chi connectivity index (χ0v) is 15.3. The summed E-state index contributed by atoms with van der Waals surface area (Å²) in [6.07, 6.45) is 0. The minimum absolute atomic E-state index is 0.131. The summed E-state index contributed by atoms with van der Waals surface area (Å²) in [5, 5.41) is 18.3. The summed E-state index contributed by atoms with van der Waals surface area (Å²) in [6, 6.07) is 6.11. The molecule has 26 heavy (non-hydrogen) atoms. The number of hydrogen-bond donors (Lipinski definition) is 4. The molecule has 0 fully saturated rings. The highest BCUT2D eigenvalue weighted by Crippen LogP contribution is 2.09. The molecule has 0 aliphatic carbocycles. The van der Waals surface area contributed by atoms with E-state index in [4.69, 9.17) is 4.42 Å². The Balaban J connectivity index is 1.79. The van der Waals surface area contributed by atoms with Crippen LogP contribution in [0.4, 0.5) is 0 Å². The smallest absolute Gasteiger partial charge is 0.251 e. The largest absolute Gasteiger partial charge is 0.508 e. The molecule has 0 aliphatic heterocycles. The highest BCUT2D eigenvalue weighted by Gasteiger charge is 2.06. The maximum atomic E-state index is 12.0. The predicted molar refractivity (Wildman–Crippen MR) is 99.2 cm³/mol. The first-order chi connectivity index (χ1) is 12.5. The van der Waals surface area contributed by atoms with E-state index in [1.54, 1.807) is 12.1 Å². The van der Waals surface area contributed by atoms with Gasteiger partial charge in [0.2, 0.25) is 5.89 Å². The van der Waals surface area contributed by atoms with Crippen molar-refractivity contribution in [1.29, 1.82) is 0 Å². The van der Waals surface area contributed by atoms with E-state index in [0.717, 1.165) is 18.0 Å². The number of oxazole rings is 1. The first-order valence-corrected chi connectivity index (χ1v) is 8.52. The number of carbonyl (C=O) groups excluding carboxylic acids is 1. The van der Waals surface area contributed by atoms with Crippen molar-refractivity contribution in [3.63, 3.8) is 0 Å². The van der Waals surface area contributed by atoms with Crippen LogP contribution in [0.5, 0.6) is 5.75 Å². The third-order valence-corrected chi connectivity index (χ3v) is 3.62. The SMILES string of the molecule is CCNC(=NCc1nc(C)c(C)o1)NCCNC(=O)c1ccc(O)cc1. The Hall–Kier alpha value is -3.03. The zero-order chi connectivity index (χ0) is 18.9. The Morgan fingerprint density at radius 2 is 1.85 bits per heavy atom. The standard InChI is InChI=1S/C18H25N5O3/c1-4-19-18(22-11-16-23-12(2)13(3)26-16)21-10-9-20-17(25)14-5-7-15(24)8-6-14/h5-8,24H,4,9-11H2,1-3H3,(H,20,25)(H2,19,21,22). The van der Waals surface area contributed by atoms with Crippen LogP contribution in [0, 0.1) is 13.8 Å². The van der Waals surface area contributed by atoms with Crippen LogP contribution >= 0.6 is 0 Å². The fourth-order valence-electron chi connectivity index (χ4n) is 2.17. The Morgan fingerprint density at radius 3 is 2.46 bits per heavy atom. The van der Waals surface area contributed by atoms with E-state index in [2.05, 4.69) is 25.9 Å². The number of aromatic nitrogens is 1. The van der Waals surface area contributed by atoms with Crippen molar-refractivity contribution in [3.8, 4) is 5.75 Å². The van der Waals surface area contributed by atoms with E-state index in [-0.39, 0.29) is 11.7 Å². The average Bonchev–Trinajstić information content (AvgIpc) is 2.94. The molecule has 1 heterocycles. The van der Waals surface area contributed by atoms with Crippen molar-refractivity contribution in [3.05, 3.63) is 47.2 Å². The van der Waals surface area contributed by atoms with Crippen LogP contribution in [0.1, 0.15) is 34.6 Å². The summed E-state index contributed by atoms with van der Waals surface area (Å²) in [6.45, 7) is 7.74. The van der Waals surface area contributed by atoms with Gasteiger partial charge in [0.1, 0.15) is 18.1 Å². The Bertz CT molecular complexity index is 733. The van der Waals surface area contributed by atoms with Crippen molar-refractivity contribution >= 4 is 11.9 Å². The number of hydrogen-bond acceptors (Lipinski definition) is 5. The van der Waals surface area contributed by atoms with E-state index in [1.165, 1.54) is 12.1 Å².